The first kappa shape index (κ1) is 18.5. The molecule has 0 aliphatic carbocycles. The number of hydrogen-bond donors (Lipinski definition) is 1. The Bertz CT molecular complexity index is 1140. The van der Waals surface area contributed by atoms with Gasteiger partial charge in [0.25, 0.3) is 5.91 Å². The number of fused-ring (bicyclic) bond motifs is 1. The lowest BCUT2D eigenvalue weighted by Gasteiger charge is -2.08. The highest BCUT2D eigenvalue weighted by molar-refractivity contribution is 9.10. The summed E-state index contributed by atoms with van der Waals surface area (Å²) >= 11 is 9.35. The van der Waals surface area contributed by atoms with Gasteiger partial charge in [0.05, 0.1) is 11.2 Å². The number of hydrogen-bond acceptors (Lipinski definition) is 4. The summed E-state index contributed by atoms with van der Waals surface area (Å²) < 4.78 is 8.08. The Morgan fingerprint density at radius 1 is 1.14 bits per heavy atom. The van der Waals surface area contributed by atoms with Crippen LogP contribution in [0.2, 0.25) is 5.02 Å². The summed E-state index contributed by atoms with van der Waals surface area (Å²) in [5.41, 5.74) is 1.61. The fourth-order valence-electron chi connectivity index (χ4n) is 2.65. The van der Waals surface area contributed by atoms with Crippen LogP contribution >= 0.6 is 27.5 Å². The zero-order valence-electron chi connectivity index (χ0n) is 14.5. The number of carbonyl (C=O) groups excluding carboxylic acids is 1. The number of nitrogens with one attached hydrogen (secondary N) is 1. The molecule has 1 amide bonds. The van der Waals surface area contributed by atoms with E-state index in [-0.39, 0.29) is 18.3 Å². The maximum absolute atomic E-state index is 12.6. The maximum Gasteiger partial charge on any atom is 0.276 e. The maximum atomic E-state index is 12.6. The van der Waals surface area contributed by atoms with Crippen molar-refractivity contribution in [3.8, 4) is 5.75 Å². The number of anilines is 1. The molecule has 0 unspecified atom stereocenters. The highest BCUT2D eigenvalue weighted by Gasteiger charge is 2.13. The fraction of sp³-hybridized carbons (Fsp3) is 0.0500. The number of aromatic nitrogens is 3. The number of rotatable bonds is 5. The van der Waals surface area contributed by atoms with Crippen molar-refractivity contribution in [3.05, 3.63) is 82.2 Å². The first-order valence-corrected chi connectivity index (χ1v) is 9.54. The van der Waals surface area contributed by atoms with Crippen LogP contribution < -0.4 is 10.1 Å². The number of ether oxygens (including phenoxy) is 1. The Morgan fingerprint density at radius 2 is 1.96 bits per heavy atom. The predicted molar refractivity (Wildman–Crippen MR) is 112 cm³/mol. The molecular formula is C20H14BrClN4O2. The minimum absolute atomic E-state index is 0.178. The van der Waals surface area contributed by atoms with Gasteiger partial charge < -0.3 is 10.1 Å². The minimum atomic E-state index is -0.320. The summed E-state index contributed by atoms with van der Waals surface area (Å²) in [6.45, 7) is 0.178. The van der Waals surface area contributed by atoms with E-state index >= 15 is 0 Å². The first-order chi connectivity index (χ1) is 13.6. The molecule has 0 aliphatic rings. The Morgan fingerprint density at radius 3 is 2.79 bits per heavy atom. The molecule has 8 heteroatoms. The van der Waals surface area contributed by atoms with E-state index in [9.17, 15) is 4.79 Å². The zero-order chi connectivity index (χ0) is 19.5. The summed E-state index contributed by atoms with van der Waals surface area (Å²) in [6, 6.07) is 16.1. The van der Waals surface area contributed by atoms with Crippen LogP contribution in [0, 0.1) is 0 Å². The van der Waals surface area contributed by atoms with Crippen LogP contribution in [0.4, 0.5) is 5.69 Å². The molecule has 0 bridgehead atoms. The third-order valence-corrected chi connectivity index (χ3v) is 4.96. The first-order valence-electron chi connectivity index (χ1n) is 8.36. The van der Waals surface area contributed by atoms with Gasteiger partial charge in [-0.15, -0.1) is 0 Å². The third kappa shape index (κ3) is 4.00. The number of pyridine rings is 1. The highest BCUT2D eigenvalue weighted by atomic mass is 79.9. The second-order valence-electron chi connectivity index (χ2n) is 5.92. The van der Waals surface area contributed by atoms with Gasteiger partial charge in [0.2, 0.25) is 0 Å². The summed E-state index contributed by atoms with van der Waals surface area (Å²) in [5, 5.41) is 8.69. The molecule has 6 nitrogen and oxygen atoms in total. The molecule has 2 aromatic heterocycles. The van der Waals surface area contributed by atoms with Gasteiger partial charge in [0.1, 0.15) is 5.75 Å². The number of nitrogens with zero attached hydrogens (tertiary/aromatic N) is 3. The van der Waals surface area contributed by atoms with Crippen LogP contribution in [0.1, 0.15) is 10.5 Å². The monoisotopic (exact) mass is 456 g/mol. The summed E-state index contributed by atoms with van der Waals surface area (Å²) in [7, 11) is 0. The van der Waals surface area contributed by atoms with Crippen LogP contribution in [0.5, 0.6) is 5.75 Å². The summed E-state index contributed by atoms with van der Waals surface area (Å²) in [4.78, 5) is 16.9. The SMILES string of the molecule is O=C(Nc1ccc(Br)c2cccnc12)c1ccn(COc2ccc(Cl)cc2)n1. The molecule has 2 heterocycles. The quantitative estimate of drug-likeness (QED) is 0.451. The smallest absolute Gasteiger partial charge is 0.276 e. The number of amides is 1. The number of benzene rings is 2. The van der Waals surface area contributed by atoms with E-state index in [4.69, 9.17) is 16.3 Å². The molecule has 1 N–H and O–H groups in total. The molecule has 0 fully saturated rings. The molecule has 140 valence electrons. The van der Waals surface area contributed by atoms with Gasteiger partial charge in [-0.05, 0) is 48.5 Å². The molecule has 2 aromatic carbocycles. The van der Waals surface area contributed by atoms with E-state index in [1.165, 1.54) is 0 Å². The molecule has 0 atom stereocenters. The van der Waals surface area contributed by atoms with Gasteiger partial charge >= 0.3 is 0 Å². The molecule has 0 spiro atoms. The predicted octanol–water partition coefficient (Wildman–Crippen LogP) is 5.14. The molecule has 0 saturated heterocycles. The van der Waals surface area contributed by atoms with E-state index in [0.29, 0.717) is 22.0 Å². The van der Waals surface area contributed by atoms with E-state index in [1.807, 2.05) is 18.2 Å². The van der Waals surface area contributed by atoms with Crippen molar-refractivity contribution in [1.29, 1.82) is 0 Å². The third-order valence-electron chi connectivity index (χ3n) is 4.02. The van der Waals surface area contributed by atoms with Gasteiger partial charge in [0, 0.05) is 27.3 Å². The standard InChI is InChI=1S/C20H14BrClN4O2/c21-16-7-8-17(19-15(16)2-1-10-23-19)24-20(27)18-9-11-26(25-18)12-28-14-5-3-13(22)4-6-14/h1-11H,12H2,(H,24,27). The van der Waals surface area contributed by atoms with Crippen molar-refractivity contribution >= 4 is 50.0 Å². The lowest BCUT2D eigenvalue weighted by Crippen LogP contribution is -2.14. The van der Waals surface area contributed by atoms with Crippen molar-refractivity contribution in [1.82, 2.24) is 14.8 Å². The second kappa shape index (κ2) is 8.00. The van der Waals surface area contributed by atoms with E-state index in [1.54, 1.807) is 53.5 Å². The van der Waals surface area contributed by atoms with Crippen LogP contribution in [0.3, 0.4) is 0 Å². The molecule has 28 heavy (non-hydrogen) atoms. The summed E-state index contributed by atoms with van der Waals surface area (Å²) in [5.74, 6) is 0.345. The van der Waals surface area contributed by atoms with Crippen LogP contribution in [0.15, 0.2) is 71.5 Å². The minimum Gasteiger partial charge on any atom is -0.471 e. The fourth-order valence-corrected chi connectivity index (χ4v) is 3.23. The van der Waals surface area contributed by atoms with Crippen molar-refractivity contribution in [3.63, 3.8) is 0 Å². The second-order valence-corrected chi connectivity index (χ2v) is 7.21. The highest BCUT2D eigenvalue weighted by Crippen LogP contribution is 2.28. The van der Waals surface area contributed by atoms with Crippen LogP contribution in [0.25, 0.3) is 10.9 Å². The van der Waals surface area contributed by atoms with E-state index in [2.05, 4.69) is 31.3 Å². The van der Waals surface area contributed by atoms with Gasteiger partial charge in [-0.3, -0.25) is 9.78 Å². The Hall–Kier alpha value is -2.90. The van der Waals surface area contributed by atoms with E-state index in [0.717, 1.165) is 9.86 Å². The van der Waals surface area contributed by atoms with Crippen molar-refractivity contribution in [2.75, 3.05) is 5.32 Å². The van der Waals surface area contributed by atoms with Crippen LogP contribution in [-0.2, 0) is 6.73 Å². The van der Waals surface area contributed by atoms with Crippen LogP contribution in [-0.4, -0.2) is 20.7 Å². The van der Waals surface area contributed by atoms with Crippen molar-refractivity contribution in [2.24, 2.45) is 0 Å². The molecule has 0 saturated carbocycles. The van der Waals surface area contributed by atoms with Gasteiger partial charge in [0.15, 0.2) is 12.4 Å². The lowest BCUT2D eigenvalue weighted by atomic mass is 10.2. The zero-order valence-corrected chi connectivity index (χ0v) is 16.8. The summed E-state index contributed by atoms with van der Waals surface area (Å²) in [6.07, 6.45) is 3.37. The van der Waals surface area contributed by atoms with Gasteiger partial charge in [-0.1, -0.05) is 33.6 Å². The lowest BCUT2D eigenvalue weighted by molar-refractivity contribution is 0.102. The number of carbonyl (C=O) groups is 1. The normalized spacial score (nSPS) is 10.8. The van der Waals surface area contributed by atoms with Crippen molar-refractivity contribution in [2.45, 2.75) is 6.73 Å². The largest absolute Gasteiger partial charge is 0.471 e. The average Bonchev–Trinajstić information content (AvgIpc) is 3.19. The topological polar surface area (TPSA) is 69.0 Å². The van der Waals surface area contributed by atoms with Gasteiger partial charge in [-0.2, -0.15) is 5.10 Å². The van der Waals surface area contributed by atoms with E-state index < -0.39 is 0 Å². The molecule has 0 radical (unpaired) electrons. The molecule has 4 aromatic rings. The Kier molecular flexibility index (Phi) is 5.27. The van der Waals surface area contributed by atoms with Crippen molar-refractivity contribution < 1.29 is 9.53 Å². The van der Waals surface area contributed by atoms with Gasteiger partial charge in [-0.25, -0.2) is 4.68 Å². The average molecular weight is 458 g/mol. The Labute approximate surface area is 174 Å². The number of halogens is 2. The molecule has 4 rings (SSSR count). The Balaban J connectivity index is 1.46. The molecule has 0 aliphatic heterocycles. The molecular weight excluding hydrogens is 444 g/mol.